The molecule has 0 saturated carbocycles. The lowest BCUT2D eigenvalue weighted by Crippen LogP contribution is -2.40. The minimum Gasteiger partial charge on any atom is -0.292 e. The summed E-state index contributed by atoms with van der Waals surface area (Å²) in [4.78, 5) is 18.8. The van der Waals surface area contributed by atoms with Gasteiger partial charge in [-0.1, -0.05) is 102 Å². The maximum atomic E-state index is 14.2. The van der Waals surface area contributed by atoms with E-state index in [0.717, 1.165) is 11.1 Å². The fraction of sp³-hybridized carbons (Fsp3) is 0.133. The number of sulfonamides is 1. The van der Waals surface area contributed by atoms with E-state index in [1.54, 1.807) is 72.8 Å². The van der Waals surface area contributed by atoms with Crippen LogP contribution in [0.15, 0.2) is 119 Å². The summed E-state index contributed by atoms with van der Waals surface area (Å²) in [6.45, 7) is 1.90. The average Bonchev–Trinajstić information content (AvgIpc) is 3.30. The molecule has 186 valence electrons. The van der Waals surface area contributed by atoms with Gasteiger partial charge in [0.15, 0.2) is 5.78 Å². The molecule has 1 heterocycles. The van der Waals surface area contributed by atoms with E-state index in [0.29, 0.717) is 22.0 Å². The molecule has 0 radical (unpaired) electrons. The highest BCUT2D eigenvalue weighted by Crippen LogP contribution is 2.39. The van der Waals surface area contributed by atoms with E-state index in [4.69, 9.17) is 16.6 Å². The lowest BCUT2D eigenvalue weighted by molar-refractivity contribution is 0.0944. The highest BCUT2D eigenvalue weighted by molar-refractivity contribution is 7.89. The summed E-state index contributed by atoms with van der Waals surface area (Å²) >= 11 is 6.16. The molecule has 5 nitrogen and oxygen atoms in total. The molecule has 4 aromatic rings. The van der Waals surface area contributed by atoms with Crippen LogP contribution in [0.4, 0.5) is 0 Å². The molecule has 0 fully saturated rings. The first-order chi connectivity index (χ1) is 17.8. The Kier molecular flexibility index (Phi) is 6.96. The van der Waals surface area contributed by atoms with Crippen molar-refractivity contribution in [3.63, 3.8) is 0 Å². The summed E-state index contributed by atoms with van der Waals surface area (Å²) < 4.78 is 29.8. The minimum absolute atomic E-state index is 0.144. The van der Waals surface area contributed by atoms with Crippen LogP contribution in [0.2, 0.25) is 5.02 Å². The van der Waals surface area contributed by atoms with E-state index in [9.17, 15) is 13.2 Å². The van der Waals surface area contributed by atoms with Crippen molar-refractivity contribution < 1.29 is 13.2 Å². The van der Waals surface area contributed by atoms with E-state index in [1.165, 1.54) is 4.31 Å². The van der Waals surface area contributed by atoms with Gasteiger partial charge in [-0.15, -0.1) is 0 Å². The zero-order valence-electron chi connectivity index (χ0n) is 20.2. The van der Waals surface area contributed by atoms with Gasteiger partial charge in [-0.3, -0.25) is 9.79 Å². The van der Waals surface area contributed by atoms with Crippen LogP contribution in [0.5, 0.6) is 0 Å². The smallest absolute Gasteiger partial charge is 0.265 e. The fourth-order valence-electron chi connectivity index (χ4n) is 4.54. The van der Waals surface area contributed by atoms with E-state index in [2.05, 4.69) is 0 Å². The predicted octanol–water partition coefficient (Wildman–Crippen LogP) is 6.29. The van der Waals surface area contributed by atoms with Crippen molar-refractivity contribution in [2.24, 2.45) is 4.99 Å². The van der Waals surface area contributed by atoms with E-state index < -0.39 is 22.1 Å². The van der Waals surface area contributed by atoms with Crippen LogP contribution in [0.3, 0.4) is 0 Å². The fourth-order valence-corrected chi connectivity index (χ4v) is 6.30. The summed E-state index contributed by atoms with van der Waals surface area (Å²) in [7, 11) is -4.06. The molecule has 0 spiro atoms. The molecule has 7 heteroatoms. The summed E-state index contributed by atoms with van der Waals surface area (Å²) in [6.07, 6.45) is 0.259. The number of ketones is 1. The summed E-state index contributed by atoms with van der Waals surface area (Å²) in [6, 6.07) is 30.2. The normalized spacial score (nSPS) is 17.5. The van der Waals surface area contributed by atoms with Crippen molar-refractivity contribution >= 4 is 33.2 Å². The molecule has 0 N–H and O–H groups in total. The Hall–Kier alpha value is -3.74. The van der Waals surface area contributed by atoms with Gasteiger partial charge in [0.1, 0.15) is 17.9 Å². The number of halogens is 1. The third-order valence-corrected chi connectivity index (χ3v) is 8.49. The zero-order chi connectivity index (χ0) is 26.0. The van der Waals surface area contributed by atoms with Crippen molar-refractivity contribution in [1.29, 1.82) is 0 Å². The topological polar surface area (TPSA) is 66.8 Å². The van der Waals surface area contributed by atoms with Gasteiger partial charge in [0.05, 0.1) is 4.90 Å². The molecule has 1 aliphatic rings. The van der Waals surface area contributed by atoms with Crippen LogP contribution < -0.4 is 0 Å². The molecule has 0 bridgehead atoms. The number of benzene rings is 4. The maximum absolute atomic E-state index is 14.2. The largest absolute Gasteiger partial charge is 0.292 e. The third-order valence-electron chi connectivity index (χ3n) is 6.42. The molecule has 0 aromatic heterocycles. The van der Waals surface area contributed by atoms with Crippen LogP contribution in [-0.2, 0) is 16.4 Å². The molecule has 2 atom stereocenters. The van der Waals surface area contributed by atoms with Crippen molar-refractivity contribution in [3.8, 4) is 0 Å². The quantitative estimate of drug-likeness (QED) is 0.265. The summed E-state index contributed by atoms with van der Waals surface area (Å²) in [5, 5.41) is 0.519. The second-order valence-corrected chi connectivity index (χ2v) is 11.2. The monoisotopic (exact) mass is 528 g/mol. The Labute approximate surface area is 222 Å². The number of carbonyl (C=O) groups is 1. The SMILES string of the molecule is Cc1ccc(S(=O)(=O)N2C(Cc3ccccc3)=N[C@H](C(=O)c3ccccc3)[C@H]2c2ccc(Cl)cc2)cc1. The van der Waals surface area contributed by atoms with E-state index >= 15 is 0 Å². The number of nitrogens with zero attached hydrogens (tertiary/aromatic N) is 2. The Balaban J connectivity index is 1.69. The van der Waals surface area contributed by atoms with E-state index in [-0.39, 0.29) is 17.1 Å². The average molecular weight is 529 g/mol. The van der Waals surface area contributed by atoms with Crippen molar-refractivity contribution in [1.82, 2.24) is 4.31 Å². The summed E-state index contributed by atoms with van der Waals surface area (Å²) in [5.74, 6) is 0.0775. The molecular weight excluding hydrogens is 504 g/mol. The Morgan fingerprint density at radius 2 is 1.43 bits per heavy atom. The van der Waals surface area contributed by atoms with Crippen LogP contribution in [-0.4, -0.2) is 30.4 Å². The first kappa shape index (κ1) is 24.9. The van der Waals surface area contributed by atoms with Crippen LogP contribution in [0.1, 0.15) is 33.1 Å². The Morgan fingerprint density at radius 3 is 2.05 bits per heavy atom. The number of aryl methyl sites for hydroxylation is 1. The second kappa shape index (κ2) is 10.3. The molecule has 37 heavy (non-hydrogen) atoms. The molecule has 0 amide bonds. The Morgan fingerprint density at radius 1 is 0.838 bits per heavy atom. The molecule has 5 rings (SSSR count). The maximum Gasteiger partial charge on any atom is 0.265 e. The molecule has 1 aliphatic heterocycles. The van der Waals surface area contributed by atoms with Gasteiger partial charge in [-0.2, -0.15) is 0 Å². The van der Waals surface area contributed by atoms with Gasteiger partial charge in [0.25, 0.3) is 10.0 Å². The van der Waals surface area contributed by atoms with Crippen molar-refractivity contribution in [2.75, 3.05) is 0 Å². The van der Waals surface area contributed by atoms with Gasteiger partial charge >= 0.3 is 0 Å². The van der Waals surface area contributed by atoms with Crippen LogP contribution >= 0.6 is 11.6 Å². The Bertz CT molecular complexity index is 1540. The number of hydrogen-bond acceptors (Lipinski definition) is 4. The number of amidine groups is 1. The van der Waals surface area contributed by atoms with Gasteiger partial charge in [-0.05, 0) is 42.3 Å². The third kappa shape index (κ3) is 5.08. The van der Waals surface area contributed by atoms with Gasteiger partial charge in [0, 0.05) is 17.0 Å². The van der Waals surface area contributed by atoms with Gasteiger partial charge < -0.3 is 0 Å². The lowest BCUT2D eigenvalue weighted by Gasteiger charge is -2.30. The molecule has 0 saturated heterocycles. The first-order valence-corrected chi connectivity index (χ1v) is 13.7. The number of rotatable bonds is 7. The molecule has 4 aromatic carbocycles. The lowest BCUT2D eigenvalue weighted by atomic mass is 9.94. The van der Waals surface area contributed by atoms with Crippen molar-refractivity contribution in [3.05, 3.63) is 136 Å². The predicted molar refractivity (Wildman–Crippen MR) is 147 cm³/mol. The first-order valence-electron chi connectivity index (χ1n) is 11.9. The number of Topliss-reactive ketones (excluding diaryl/α,β-unsaturated/α-hetero) is 1. The number of aliphatic imine (C=N–C) groups is 1. The van der Waals surface area contributed by atoms with E-state index in [1.807, 2.05) is 43.3 Å². The highest BCUT2D eigenvalue weighted by Gasteiger charge is 2.47. The highest BCUT2D eigenvalue weighted by atomic mass is 35.5. The molecule has 0 aliphatic carbocycles. The summed E-state index contributed by atoms with van der Waals surface area (Å²) in [5.41, 5.74) is 2.96. The number of hydrogen-bond donors (Lipinski definition) is 0. The van der Waals surface area contributed by atoms with Gasteiger partial charge in [0.2, 0.25) is 0 Å². The second-order valence-electron chi connectivity index (χ2n) is 8.99. The van der Waals surface area contributed by atoms with Crippen LogP contribution in [0.25, 0.3) is 0 Å². The van der Waals surface area contributed by atoms with Gasteiger partial charge in [-0.25, -0.2) is 12.7 Å². The number of carbonyl (C=O) groups excluding carboxylic acids is 1. The minimum atomic E-state index is -4.06. The van der Waals surface area contributed by atoms with Crippen molar-refractivity contribution in [2.45, 2.75) is 30.3 Å². The van der Waals surface area contributed by atoms with Crippen LogP contribution in [0, 0.1) is 6.92 Å². The standard InChI is InChI=1S/C30H25ClN2O3S/c1-21-12-18-26(19-13-21)37(35,36)33-27(20-22-8-4-2-5-9-22)32-28(30(34)24-10-6-3-7-11-24)29(33)23-14-16-25(31)17-15-23/h2-19,28-29H,20H2,1H3/t28-,29+/m0/s1. The zero-order valence-corrected chi connectivity index (χ0v) is 21.7. The molecular formula is C30H25ClN2O3S. The molecule has 0 unspecified atom stereocenters.